The molecular formula is C59H108O6. The van der Waals surface area contributed by atoms with E-state index in [2.05, 4.69) is 57.2 Å². The molecule has 0 aromatic carbocycles. The Morgan fingerprint density at radius 3 is 0.862 bits per heavy atom. The summed E-state index contributed by atoms with van der Waals surface area (Å²) in [7, 11) is 0. The van der Waals surface area contributed by atoms with Crippen LogP contribution in [0.25, 0.3) is 0 Å². The Morgan fingerprint density at radius 2 is 0.554 bits per heavy atom. The van der Waals surface area contributed by atoms with E-state index >= 15 is 0 Å². The van der Waals surface area contributed by atoms with Gasteiger partial charge in [0.1, 0.15) is 13.2 Å². The van der Waals surface area contributed by atoms with Crippen LogP contribution in [0.15, 0.2) is 36.5 Å². The molecule has 6 nitrogen and oxygen atoms in total. The standard InChI is InChI=1S/C59H108O6/c1-4-7-10-13-16-19-21-23-25-26-27-28-29-30-31-32-33-34-35-37-38-40-43-46-49-52-58(61)64-55-56(54-63-57(60)51-48-45-42-18-15-12-9-6-3)65-59(62)53-50-47-44-41-39-36-24-22-20-17-14-11-8-5-2/h21-24,26-27,56H,4-20,25,28-55H2,1-3H3/b23-21-,24-22-,27-26-. The summed E-state index contributed by atoms with van der Waals surface area (Å²) in [4.78, 5) is 37.9. The van der Waals surface area contributed by atoms with Gasteiger partial charge in [-0.3, -0.25) is 14.4 Å². The van der Waals surface area contributed by atoms with Gasteiger partial charge in [-0.1, -0.05) is 243 Å². The quantitative estimate of drug-likeness (QED) is 0.0262. The smallest absolute Gasteiger partial charge is 0.306 e. The third-order valence-corrected chi connectivity index (χ3v) is 12.6. The maximum atomic E-state index is 12.8. The summed E-state index contributed by atoms with van der Waals surface area (Å²) >= 11 is 0. The van der Waals surface area contributed by atoms with E-state index in [1.165, 1.54) is 193 Å². The number of esters is 3. The van der Waals surface area contributed by atoms with Crippen molar-refractivity contribution in [1.82, 2.24) is 0 Å². The maximum Gasteiger partial charge on any atom is 0.306 e. The molecule has 0 aliphatic rings. The lowest BCUT2D eigenvalue weighted by atomic mass is 10.0. The number of carbonyl (C=O) groups is 3. The largest absolute Gasteiger partial charge is 0.462 e. The maximum absolute atomic E-state index is 12.8. The van der Waals surface area contributed by atoms with Gasteiger partial charge in [0, 0.05) is 19.3 Å². The second-order valence-corrected chi connectivity index (χ2v) is 19.2. The molecular weight excluding hydrogens is 805 g/mol. The minimum absolute atomic E-state index is 0.0726. The van der Waals surface area contributed by atoms with E-state index < -0.39 is 6.10 Å². The molecule has 380 valence electrons. The third kappa shape index (κ3) is 52.5. The van der Waals surface area contributed by atoms with E-state index in [1.54, 1.807) is 0 Å². The number of carbonyl (C=O) groups excluding carboxylic acids is 3. The van der Waals surface area contributed by atoms with Gasteiger partial charge in [0.25, 0.3) is 0 Å². The number of rotatable bonds is 52. The summed E-state index contributed by atoms with van der Waals surface area (Å²) in [5.41, 5.74) is 0. The van der Waals surface area contributed by atoms with E-state index in [0.29, 0.717) is 19.3 Å². The molecule has 0 aromatic heterocycles. The van der Waals surface area contributed by atoms with E-state index in [0.717, 1.165) is 70.6 Å². The molecule has 1 unspecified atom stereocenters. The lowest BCUT2D eigenvalue weighted by Gasteiger charge is -2.18. The van der Waals surface area contributed by atoms with Crippen LogP contribution in [0.3, 0.4) is 0 Å². The van der Waals surface area contributed by atoms with Gasteiger partial charge in [-0.25, -0.2) is 0 Å². The molecule has 0 fully saturated rings. The molecule has 0 spiro atoms. The van der Waals surface area contributed by atoms with Crippen molar-refractivity contribution in [2.24, 2.45) is 0 Å². The normalized spacial score (nSPS) is 12.2. The molecule has 0 radical (unpaired) electrons. The minimum Gasteiger partial charge on any atom is -0.462 e. The highest BCUT2D eigenvalue weighted by Gasteiger charge is 2.19. The van der Waals surface area contributed by atoms with E-state index in [4.69, 9.17) is 14.2 Å². The van der Waals surface area contributed by atoms with Crippen molar-refractivity contribution in [3.63, 3.8) is 0 Å². The average Bonchev–Trinajstić information content (AvgIpc) is 3.30. The van der Waals surface area contributed by atoms with Crippen LogP contribution >= 0.6 is 0 Å². The summed E-state index contributed by atoms with van der Waals surface area (Å²) in [5, 5.41) is 0. The molecule has 0 saturated carbocycles. The Bertz CT molecular complexity index is 1090. The van der Waals surface area contributed by atoms with E-state index in [9.17, 15) is 14.4 Å². The number of hydrogen-bond acceptors (Lipinski definition) is 6. The molecule has 0 N–H and O–H groups in total. The van der Waals surface area contributed by atoms with Gasteiger partial charge < -0.3 is 14.2 Å². The Labute approximate surface area is 404 Å². The molecule has 0 amide bonds. The van der Waals surface area contributed by atoms with Gasteiger partial charge in [0.15, 0.2) is 6.10 Å². The third-order valence-electron chi connectivity index (χ3n) is 12.6. The Morgan fingerprint density at radius 1 is 0.308 bits per heavy atom. The van der Waals surface area contributed by atoms with Crippen LogP contribution < -0.4 is 0 Å². The van der Waals surface area contributed by atoms with Crippen molar-refractivity contribution in [3.05, 3.63) is 36.5 Å². The first kappa shape index (κ1) is 62.6. The summed E-state index contributed by atoms with van der Waals surface area (Å²) in [6.07, 6.45) is 64.4. The van der Waals surface area contributed by atoms with Gasteiger partial charge in [0.2, 0.25) is 0 Å². The zero-order chi connectivity index (χ0) is 47.2. The van der Waals surface area contributed by atoms with E-state index in [-0.39, 0.29) is 31.1 Å². The Kier molecular flexibility index (Phi) is 52.3. The van der Waals surface area contributed by atoms with Gasteiger partial charge in [-0.05, 0) is 77.0 Å². The second kappa shape index (κ2) is 54.2. The average molecular weight is 914 g/mol. The number of allylic oxidation sites excluding steroid dienone is 6. The summed E-state index contributed by atoms with van der Waals surface area (Å²) in [5.74, 6) is -0.873. The minimum atomic E-state index is -0.771. The highest BCUT2D eigenvalue weighted by molar-refractivity contribution is 5.71. The van der Waals surface area contributed by atoms with E-state index in [1.807, 2.05) is 0 Å². The van der Waals surface area contributed by atoms with Crippen LogP contribution in [0.2, 0.25) is 0 Å². The molecule has 65 heavy (non-hydrogen) atoms. The molecule has 6 heteroatoms. The van der Waals surface area contributed by atoms with Crippen LogP contribution in [0.4, 0.5) is 0 Å². The van der Waals surface area contributed by atoms with Gasteiger partial charge >= 0.3 is 17.9 Å². The van der Waals surface area contributed by atoms with Crippen LogP contribution in [0.5, 0.6) is 0 Å². The molecule has 0 bridgehead atoms. The van der Waals surface area contributed by atoms with Crippen molar-refractivity contribution in [2.75, 3.05) is 13.2 Å². The highest BCUT2D eigenvalue weighted by Crippen LogP contribution is 2.16. The fraction of sp³-hybridized carbons (Fsp3) is 0.847. The first-order valence-corrected chi connectivity index (χ1v) is 28.5. The SMILES string of the molecule is CCCCCCC/C=C\C/C=C\CCCCCCCCCCCCCCCC(=O)OCC(COC(=O)CCCCCCCCCC)OC(=O)CCCCCCC/C=C\CCCCCCC. The first-order valence-electron chi connectivity index (χ1n) is 28.5. The number of ether oxygens (including phenoxy) is 3. The summed E-state index contributed by atoms with van der Waals surface area (Å²) in [6.45, 7) is 6.61. The van der Waals surface area contributed by atoms with Crippen LogP contribution in [0, 0.1) is 0 Å². The predicted molar refractivity (Wildman–Crippen MR) is 279 cm³/mol. The molecule has 0 aromatic rings. The van der Waals surface area contributed by atoms with Crippen LogP contribution in [-0.4, -0.2) is 37.2 Å². The lowest BCUT2D eigenvalue weighted by molar-refractivity contribution is -0.167. The molecule has 1 atom stereocenters. The zero-order valence-corrected chi connectivity index (χ0v) is 43.5. The summed E-state index contributed by atoms with van der Waals surface area (Å²) in [6, 6.07) is 0. The number of hydrogen-bond donors (Lipinski definition) is 0. The summed E-state index contributed by atoms with van der Waals surface area (Å²) < 4.78 is 16.8. The van der Waals surface area contributed by atoms with Crippen molar-refractivity contribution in [1.29, 1.82) is 0 Å². The predicted octanol–water partition coefficient (Wildman–Crippen LogP) is 18.9. The van der Waals surface area contributed by atoms with Crippen molar-refractivity contribution in [2.45, 2.75) is 309 Å². The Balaban J connectivity index is 4.14. The molecule has 0 saturated heterocycles. The second-order valence-electron chi connectivity index (χ2n) is 19.2. The van der Waals surface area contributed by atoms with Crippen LogP contribution in [0.1, 0.15) is 303 Å². The highest BCUT2D eigenvalue weighted by atomic mass is 16.6. The van der Waals surface area contributed by atoms with Crippen LogP contribution in [-0.2, 0) is 28.6 Å². The van der Waals surface area contributed by atoms with Gasteiger partial charge in [0.05, 0.1) is 0 Å². The number of unbranched alkanes of at least 4 members (excludes halogenated alkanes) is 35. The van der Waals surface area contributed by atoms with Crippen molar-refractivity contribution < 1.29 is 28.6 Å². The fourth-order valence-corrected chi connectivity index (χ4v) is 8.29. The Hall–Kier alpha value is -2.37. The lowest BCUT2D eigenvalue weighted by Crippen LogP contribution is -2.30. The van der Waals surface area contributed by atoms with Crippen molar-refractivity contribution >= 4 is 17.9 Å². The van der Waals surface area contributed by atoms with Gasteiger partial charge in [-0.15, -0.1) is 0 Å². The fourth-order valence-electron chi connectivity index (χ4n) is 8.29. The monoisotopic (exact) mass is 913 g/mol. The van der Waals surface area contributed by atoms with Crippen molar-refractivity contribution in [3.8, 4) is 0 Å². The molecule has 0 aliphatic heterocycles. The zero-order valence-electron chi connectivity index (χ0n) is 43.5. The molecule has 0 aliphatic carbocycles. The molecule has 0 heterocycles. The van der Waals surface area contributed by atoms with Gasteiger partial charge in [-0.2, -0.15) is 0 Å². The first-order chi connectivity index (χ1) is 32.0. The molecule has 0 rings (SSSR count). The topological polar surface area (TPSA) is 78.9 Å².